The summed E-state index contributed by atoms with van der Waals surface area (Å²) < 4.78 is 7.23. The second kappa shape index (κ2) is 4.07. The SMILES string of the molecule is CC[N+](C)(CC)C1OCC2CC21c1ccccc1. The molecule has 0 bridgehead atoms. The van der Waals surface area contributed by atoms with Gasteiger partial charge in [-0.05, 0) is 25.8 Å². The van der Waals surface area contributed by atoms with Gasteiger partial charge in [-0.3, -0.25) is 0 Å². The molecule has 2 fully saturated rings. The second-order valence-electron chi connectivity index (χ2n) is 6.10. The lowest BCUT2D eigenvalue weighted by Crippen LogP contribution is -2.57. The first-order chi connectivity index (χ1) is 8.67. The van der Waals surface area contributed by atoms with Gasteiger partial charge in [0, 0.05) is 5.92 Å². The van der Waals surface area contributed by atoms with Crippen LogP contribution in [-0.4, -0.2) is 37.5 Å². The van der Waals surface area contributed by atoms with E-state index >= 15 is 0 Å². The van der Waals surface area contributed by atoms with Crippen LogP contribution in [0.2, 0.25) is 0 Å². The minimum Gasteiger partial charge on any atom is -0.328 e. The highest BCUT2D eigenvalue weighted by Gasteiger charge is 2.70. The summed E-state index contributed by atoms with van der Waals surface area (Å²) in [5, 5.41) is 0. The van der Waals surface area contributed by atoms with Gasteiger partial charge in [0.25, 0.3) is 0 Å². The summed E-state index contributed by atoms with van der Waals surface area (Å²) in [6, 6.07) is 11.0. The Labute approximate surface area is 110 Å². The van der Waals surface area contributed by atoms with E-state index in [0.29, 0.717) is 11.6 Å². The molecule has 0 radical (unpaired) electrons. The molecule has 3 unspecified atom stereocenters. The normalized spacial score (nSPS) is 34.4. The first-order valence-corrected chi connectivity index (χ1v) is 7.18. The summed E-state index contributed by atoms with van der Waals surface area (Å²) in [5.41, 5.74) is 1.80. The molecule has 0 spiro atoms. The van der Waals surface area contributed by atoms with Crippen LogP contribution < -0.4 is 0 Å². The zero-order valence-electron chi connectivity index (χ0n) is 11.7. The molecule has 1 saturated carbocycles. The summed E-state index contributed by atoms with van der Waals surface area (Å²) >= 11 is 0. The van der Waals surface area contributed by atoms with Crippen molar-refractivity contribution in [2.45, 2.75) is 31.9 Å². The van der Waals surface area contributed by atoms with Gasteiger partial charge in [-0.1, -0.05) is 30.3 Å². The topological polar surface area (TPSA) is 9.23 Å². The molecule has 1 heterocycles. The van der Waals surface area contributed by atoms with Crippen LogP contribution in [0.3, 0.4) is 0 Å². The maximum Gasteiger partial charge on any atom is 0.203 e. The number of ether oxygens (including phenoxy) is 1. The molecule has 0 amide bonds. The molecule has 3 rings (SSSR count). The molecule has 2 aliphatic rings. The van der Waals surface area contributed by atoms with Gasteiger partial charge < -0.3 is 9.22 Å². The number of fused-ring (bicyclic) bond motifs is 1. The molecular weight excluding hydrogens is 222 g/mol. The average Bonchev–Trinajstić information content (AvgIpc) is 3.05. The van der Waals surface area contributed by atoms with Crippen LogP contribution in [0.15, 0.2) is 30.3 Å². The molecule has 0 aromatic heterocycles. The van der Waals surface area contributed by atoms with Crippen molar-refractivity contribution < 1.29 is 9.22 Å². The number of hydrogen-bond acceptors (Lipinski definition) is 1. The quantitative estimate of drug-likeness (QED) is 0.742. The van der Waals surface area contributed by atoms with Crippen molar-refractivity contribution in [2.75, 3.05) is 26.7 Å². The molecule has 2 nitrogen and oxygen atoms in total. The number of likely N-dealkylation sites (N-methyl/N-ethyl adjacent to an activating group) is 1. The first-order valence-electron chi connectivity index (χ1n) is 7.18. The lowest BCUT2D eigenvalue weighted by atomic mass is 9.91. The summed E-state index contributed by atoms with van der Waals surface area (Å²) in [6.07, 6.45) is 1.66. The van der Waals surface area contributed by atoms with Crippen molar-refractivity contribution in [3.8, 4) is 0 Å². The fourth-order valence-electron chi connectivity index (χ4n) is 3.75. The highest BCUT2D eigenvalue weighted by Crippen LogP contribution is 2.63. The highest BCUT2D eigenvalue weighted by atomic mass is 16.5. The van der Waals surface area contributed by atoms with E-state index in [0.717, 1.165) is 30.1 Å². The van der Waals surface area contributed by atoms with E-state index in [1.165, 1.54) is 12.0 Å². The predicted octanol–water partition coefficient (Wildman–Crippen LogP) is 2.79. The Hall–Kier alpha value is -0.860. The Bertz CT molecular complexity index is 426. The number of hydrogen-bond donors (Lipinski definition) is 0. The summed E-state index contributed by atoms with van der Waals surface area (Å²) in [6.45, 7) is 7.79. The Balaban J connectivity index is 1.98. The van der Waals surface area contributed by atoms with E-state index in [4.69, 9.17) is 4.74 Å². The molecule has 1 aromatic carbocycles. The van der Waals surface area contributed by atoms with Crippen LogP contribution >= 0.6 is 0 Å². The minimum atomic E-state index is 0.308. The van der Waals surface area contributed by atoms with E-state index < -0.39 is 0 Å². The van der Waals surface area contributed by atoms with E-state index in [9.17, 15) is 0 Å². The molecule has 1 aromatic rings. The lowest BCUT2D eigenvalue weighted by Gasteiger charge is -2.41. The van der Waals surface area contributed by atoms with Crippen molar-refractivity contribution in [3.05, 3.63) is 35.9 Å². The standard InChI is InChI=1S/C16H24NO/c1-4-17(3,5-2)15-16(11-14(16)12-18-15)13-9-7-6-8-10-13/h6-10,14-15H,4-5,11-12H2,1-3H3/q+1. The number of quaternary nitrogens is 1. The molecule has 1 saturated heterocycles. The van der Waals surface area contributed by atoms with Crippen molar-refractivity contribution in [1.82, 2.24) is 0 Å². The number of rotatable bonds is 4. The maximum absolute atomic E-state index is 6.19. The van der Waals surface area contributed by atoms with Gasteiger partial charge in [-0.2, -0.15) is 0 Å². The van der Waals surface area contributed by atoms with E-state index in [1.54, 1.807) is 0 Å². The van der Waals surface area contributed by atoms with Gasteiger partial charge in [0.2, 0.25) is 6.23 Å². The highest BCUT2D eigenvalue weighted by molar-refractivity contribution is 5.36. The molecule has 98 valence electrons. The molecule has 3 atom stereocenters. The fraction of sp³-hybridized carbons (Fsp3) is 0.625. The molecule has 0 N–H and O–H groups in total. The van der Waals surface area contributed by atoms with Gasteiger partial charge in [-0.15, -0.1) is 0 Å². The number of benzene rings is 1. The average molecular weight is 246 g/mol. The first kappa shape index (κ1) is 12.2. The fourth-order valence-corrected chi connectivity index (χ4v) is 3.75. The Morgan fingerprint density at radius 1 is 1.22 bits per heavy atom. The van der Waals surface area contributed by atoms with E-state index in [2.05, 4.69) is 51.2 Å². The van der Waals surface area contributed by atoms with Crippen molar-refractivity contribution in [3.63, 3.8) is 0 Å². The van der Waals surface area contributed by atoms with Crippen LogP contribution in [0.25, 0.3) is 0 Å². The van der Waals surface area contributed by atoms with Crippen LogP contribution in [0, 0.1) is 5.92 Å². The molecule has 1 aliphatic heterocycles. The van der Waals surface area contributed by atoms with Crippen LogP contribution in [0.1, 0.15) is 25.8 Å². The molecule has 18 heavy (non-hydrogen) atoms. The van der Waals surface area contributed by atoms with Gasteiger partial charge in [0.15, 0.2) is 0 Å². The van der Waals surface area contributed by atoms with Crippen LogP contribution in [-0.2, 0) is 10.2 Å². The zero-order valence-corrected chi connectivity index (χ0v) is 11.7. The van der Waals surface area contributed by atoms with Crippen LogP contribution in [0.5, 0.6) is 0 Å². The third-order valence-corrected chi connectivity index (χ3v) is 5.37. The Morgan fingerprint density at radius 2 is 1.89 bits per heavy atom. The van der Waals surface area contributed by atoms with Crippen molar-refractivity contribution in [1.29, 1.82) is 0 Å². The van der Waals surface area contributed by atoms with E-state index in [1.807, 2.05) is 0 Å². The van der Waals surface area contributed by atoms with Crippen LogP contribution in [0.4, 0.5) is 0 Å². The van der Waals surface area contributed by atoms with Gasteiger partial charge >= 0.3 is 0 Å². The summed E-state index contributed by atoms with van der Waals surface area (Å²) in [5.74, 6) is 0.750. The zero-order chi connectivity index (χ0) is 12.8. The van der Waals surface area contributed by atoms with Crippen molar-refractivity contribution in [2.24, 2.45) is 5.92 Å². The van der Waals surface area contributed by atoms with Gasteiger partial charge in [0.1, 0.15) is 0 Å². The van der Waals surface area contributed by atoms with Crippen molar-refractivity contribution >= 4 is 0 Å². The largest absolute Gasteiger partial charge is 0.328 e. The van der Waals surface area contributed by atoms with Gasteiger partial charge in [-0.25, -0.2) is 0 Å². The lowest BCUT2D eigenvalue weighted by molar-refractivity contribution is -0.953. The minimum absolute atomic E-state index is 0.308. The summed E-state index contributed by atoms with van der Waals surface area (Å²) in [7, 11) is 2.34. The third kappa shape index (κ3) is 1.49. The maximum atomic E-state index is 6.19. The predicted molar refractivity (Wildman–Crippen MR) is 73.2 cm³/mol. The van der Waals surface area contributed by atoms with E-state index in [-0.39, 0.29) is 0 Å². The summed E-state index contributed by atoms with van der Waals surface area (Å²) in [4.78, 5) is 0. The number of nitrogens with zero attached hydrogens (tertiary/aromatic N) is 1. The molecule has 1 aliphatic carbocycles. The Morgan fingerprint density at radius 3 is 2.44 bits per heavy atom. The molecular formula is C16H24NO+. The second-order valence-corrected chi connectivity index (χ2v) is 6.10. The third-order valence-electron chi connectivity index (χ3n) is 5.37. The molecule has 2 heteroatoms. The Kier molecular flexibility index (Phi) is 2.76. The van der Waals surface area contributed by atoms with Gasteiger partial charge in [0.05, 0.1) is 32.2 Å². The smallest absolute Gasteiger partial charge is 0.203 e. The monoisotopic (exact) mass is 246 g/mol.